The van der Waals surface area contributed by atoms with Crippen LogP contribution in [-0.4, -0.2) is 5.78 Å². The minimum Gasteiger partial charge on any atom is -0.451 e. The van der Waals surface area contributed by atoms with Crippen molar-refractivity contribution in [2.24, 2.45) is 0 Å². The van der Waals surface area contributed by atoms with Crippen molar-refractivity contribution in [3.8, 4) is 0 Å². The number of ketones is 1. The molecule has 0 aliphatic carbocycles. The number of carbonyl (C=O) groups is 1. The second kappa shape index (κ2) is 4.97. The molecule has 0 spiro atoms. The fraction of sp³-hybridized carbons (Fsp3) is 0.0625. The zero-order valence-electron chi connectivity index (χ0n) is 10.6. The first-order valence-corrected chi connectivity index (χ1v) is 6.81. The molecule has 4 heteroatoms. The summed E-state index contributed by atoms with van der Waals surface area (Å²) in [6.45, 7) is 1.92. The molecule has 0 aliphatic rings. The summed E-state index contributed by atoms with van der Waals surface area (Å²) < 4.78 is 5.56. The third kappa shape index (κ3) is 2.21. The molecule has 2 nitrogen and oxygen atoms in total. The van der Waals surface area contributed by atoms with Crippen LogP contribution in [0.5, 0.6) is 0 Å². The van der Waals surface area contributed by atoms with Crippen LogP contribution in [0.25, 0.3) is 11.0 Å². The van der Waals surface area contributed by atoms with Crippen molar-refractivity contribution in [1.29, 1.82) is 0 Å². The summed E-state index contributed by atoms with van der Waals surface area (Å²) in [6.07, 6.45) is 0. The standard InChI is InChI=1S/C16H10Cl2O2/c1-9-5-6-11(13(18)7-9)15(19)14-8-10-3-2-4-12(17)16(10)20-14/h2-8H,1H3. The van der Waals surface area contributed by atoms with Gasteiger partial charge in [-0.3, -0.25) is 4.79 Å². The number of halogens is 2. The molecule has 3 rings (SSSR count). The van der Waals surface area contributed by atoms with Gasteiger partial charge in [-0.2, -0.15) is 0 Å². The largest absolute Gasteiger partial charge is 0.451 e. The molecule has 0 atom stereocenters. The van der Waals surface area contributed by atoms with E-state index >= 15 is 0 Å². The minimum atomic E-state index is -0.248. The van der Waals surface area contributed by atoms with Crippen molar-refractivity contribution in [2.45, 2.75) is 6.92 Å². The van der Waals surface area contributed by atoms with Gasteiger partial charge >= 0.3 is 0 Å². The van der Waals surface area contributed by atoms with Gasteiger partial charge in [0.2, 0.25) is 5.78 Å². The van der Waals surface area contributed by atoms with Gasteiger partial charge in [0.05, 0.1) is 10.0 Å². The van der Waals surface area contributed by atoms with Gasteiger partial charge in [0.15, 0.2) is 11.3 Å². The maximum Gasteiger partial charge on any atom is 0.229 e. The first-order valence-electron chi connectivity index (χ1n) is 6.05. The summed E-state index contributed by atoms with van der Waals surface area (Å²) >= 11 is 12.2. The van der Waals surface area contributed by atoms with Crippen LogP contribution in [-0.2, 0) is 0 Å². The molecule has 0 bridgehead atoms. The third-order valence-electron chi connectivity index (χ3n) is 3.09. The van der Waals surface area contributed by atoms with Crippen molar-refractivity contribution >= 4 is 40.0 Å². The number of benzene rings is 2. The fourth-order valence-corrected chi connectivity index (χ4v) is 2.62. The first-order chi connectivity index (χ1) is 9.56. The van der Waals surface area contributed by atoms with Gasteiger partial charge in [0.25, 0.3) is 0 Å². The average molecular weight is 305 g/mol. The summed E-state index contributed by atoms with van der Waals surface area (Å²) in [4.78, 5) is 12.4. The number of rotatable bonds is 2. The van der Waals surface area contributed by atoms with Gasteiger partial charge in [-0.15, -0.1) is 0 Å². The highest BCUT2D eigenvalue weighted by Gasteiger charge is 2.18. The first kappa shape index (κ1) is 13.2. The molecular weight excluding hydrogens is 295 g/mol. The second-order valence-corrected chi connectivity index (χ2v) is 5.40. The molecular formula is C16H10Cl2O2. The molecule has 0 saturated heterocycles. The third-order valence-corrected chi connectivity index (χ3v) is 3.70. The van der Waals surface area contributed by atoms with Crippen LogP contribution in [0.4, 0.5) is 0 Å². The molecule has 20 heavy (non-hydrogen) atoms. The highest BCUT2D eigenvalue weighted by atomic mass is 35.5. The SMILES string of the molecule is Cc1ccc(C(=O)c2cc3cccc(Cl)c3o2)c(Cl)c1. The molecule has 0 N–H and O–H groups in total. The monoisotopic (exact) mass is 304 g/mol. The highest BCUT2D eigenvalue weighted by molar-refractivity contribution is 6.36. The molecule has 0 unspecified atom stereocenters. The predicted octanol–water partition coefficient (Wildman–Crippen LogP) is 5.28. The Morgan fingerprint density at radius 2 is 1.85 bits per heavy atom. The lowest BCUT2D eigenvalue weighted by molar-refractivity contribution is 0.101. The lowest BCUT2D eigenvalue weighted by atomic mass is 10.1. The van der Waals surface area contributed by atoms with Crippen molar-refractivity contribution < 1.29 is 9.21 Å². The smallest absolute Gasteiger partial charge is 0.229 e. The number of hydrogen-bond donors (Lipinski definition) is 0. The summed E-state index contributed by atoms with van der Waals surface area (Å²) in [6, 6.07) is 12.4. The molecule has 0 radical (unpaired) electrons. The molecule has 2 aromatic carbocycles. The second-order valence-electron chi connectivity index (χ2n) is 4.58. The number of para-hydroxylation sites is 1. The van der Waals surface area contributed by atoms with E-state index in [0.717, 1.165) is 10.9 Å². The highest BCUT2D eigenvalue weighted by Crippen LogP contribution is 2.29. The molecule has 0 saturated carbocycles. The molecule has 100 valence electrons. The zero-order valence-corrected chi connectivity index (χ0v) is 12.1. The average Bonchev–Trinajstić information content (AvgIpc) is 2.83. The van der Waals surface area contributed by atoms with Gasteiger partial charge in [-0.25, -0.2) is 0 Å². The molecule has 0 amide bonds. The van der Waals surface area contributed by atoms with E-state index in [2.05, 4.69) is 0 Å². The summed E-state index contributed by atoms with van der Waals surface area (Å²) in [5.41, 5.74) is 1.94. The van der Waals surface area contributed by atoms with E-state index in [0.29, 0.717) is 21.2 Å². The quantitative estimate of drug-likeness (QED) is 0.603. The molecule has 1 aromatic heterocycles. The Morgan fingerprint density at radius 3 is 2.55 bits per heavy atom. The van der Waals surface area contributed by atoms with E-state index in [-0.39, 0.29) is 11.5 Å². The van der Waals surface area contributed by atoms with Gasteiger partial charge < -0.3 is 4.42 Å². The van der Waals surface area contributed by atoms with E-state index < -0.39 is 0 Å². The summed E-state index contributed by atoms with van der Waals surface area (Å²) in [5.74, 6) is -0.0129. The van der Waals surface area contributed by atoms with Gasteiger partial charge in [0.1, 0.15) is 0 Å². The number of fused-ring (bicyclic) bond motifs is 1. The Bertz CT molecular complexity index is 818. The van der Waals surface area contributed by atoms with Crippen molar-refractivity contribution in [2.75, 3.05) is 0 Å². The molecule has 3 aromatic rings. The van der Waals surface area contributed by atoms with Crippen LogP contribution in [0, 0.1) is 6.92 Å². The maximum atomic E-state index is 12.4. The zero-order chi connectivity index (χ0) is 14.3. The predicted molar refractivity (Wildman–Crippen MR) is 80.8 cm³/mol. The van der Waals surface area contributed by atoms with Crippen LogP contribution in [0.1, 0.15) is 21.7 Å². The van der Waals surface area contributed by atoms with E-state index in [9.17, 15) is 4.79 Å². The van der Waals surface area contributed by atoms with Crippen LogP contribution in [0.15, 0.2) is 46.9 Å². The van der Waals surface area contributed by atoms with Crippen LogP contribution < -0.4 is 0 Å². The van der Waals surface area contributed by atoms with Crippen molar-refractivity contribution in [3.63, 3.8) is 0 Å². The van der Waals surface area contributed by atoms with Crippen LogP contribution >= 0.6 is 23.2 Å². The van der Waals surface area contributed by atoms with Crippen molar-refractivity contribution in [1.82, 2.24) is 0 Å². The lowest BCUT2D eigenvalue weighted by Crippen LogP contribution is -2.00. The van der Waals surface area contributed by atoms with Crippen LogP contribution in [0.3, 0.4) is 0 Å². The summed E-state index contributed by atoms with van der Waals surface area (Å²) in [5, 5.41) is 1.70. The van der Waals surface area contributed by atoms with Gasteiger partial charge in [-0.05, 0) is 36.8 Å². The van der Waals surface area contributed by atoms with Gasteiger partial charge in [-0.1, -0.05) is 41.4 Å². The summed E-state index contributed by atoms with van der Waals surface area (Å²) in [7, 11) is 0. The molecule has 1 heterocycles. The van der Waals surface area contributed by atoms with E-state index in [4.69, 9.17) is 27.6 Å². The van der Waals surface area contributed by atoms with E-state index in [1.807, 2.05) is 25.1 Å². The number of aryl methyl sites for hydroxylation is 1. The Balaban J connectivity index is 2.10. The fourth-order valence-electron chi connectivity index (χ4n) is 2.08. The Morgan fingerprint density at radius 1 is 1.05 bits per heavy atom. The van der Waals surface area contributed by atoms with Gasteiger partial charge in [0, 0.05) is 10.9 Å². The van der Waals surface area contributed by atoms with Crippen molar-refractivity contribution in [3.05, 3.63) is 69.4 Å². The van der Waals surface area contributed by atoms with E-state index in [1.54, 1.807) is 24.3 Å². The van der Waals surface area contributed by atoms with Crippen LogP contribution in [0.2, 0.25) is 10.0 Å². The Kier molecular flexibility index (Phi) is 3.28. The molecule has 0 aliphatic heterocycles. The topological polar surface area (TPSA) is 30.2 Å². The maximum absolute atomic E-state index is 12.4. The normalized spacial score (nSPS) is 10.9. The number of hydrogen-bond acceptors (Lipinski definition) is 2. The minimum absolute atomic E-state index is 0.235. The number of furan rings is 1. The Labute approximate surface area is 125 Å². The lowest BCUT2D eigenvalue weighted by Gasteiger charge is -2.02. The Hall–Kier alpha value is -1.77. The molecule has 0 fully saturated rings. The number of carbonyl (C=O) groups excluding carboxylic acids is 1. The van der Waals surface area contributed by atoms with E-state index in [1.165, 1.54) is 0 Å².